The van der Waals surface area contributed by atoms with Crippen LogP contribution in [0.1, 0.15) is 10.4 Å². The number of benzene rings is 1. The third-order valence-corrected chi connectivity index (χ3v) is 4.71. The number of pyridine rings is 1. The first-order chi connectivity index (χ1) is 9.11. The van der Waals surface area contributed by atoms with Crippen LogP contribution in [0.5, 0.6) is 5.88 Å². The maximum Gasteiger partial charge on any atom is 0.261 e. The van der Waals surface area contributed by atoms with Crippen molar-refractivity contribution in [1.29, 1.82) is 0 Å². The summed E-state index contributed by atoms with van der Waals surface area (Å²) in [6.07, 6.45) is 1.58. The zero-order valence-electron chi connectivity index (χ0n) is 9.98. The second-order valence-corrected chi connectivity index (χ2v) is 5.66. The van der Waals surface area contributed by atoms with Crippen LogP contribution in [0.3, 0.4) is 0 Å². The topological polar surface area (TPSA) is 51.2 Å². The van der Waals surface area contributed by atoms with Gasteiger partial charge in [-0.3, -0.25) is 4.79 Å². The van der Waals surface area contributed by atoms with Gasteiger partial charge in [0.2, 0.25) is 5.88 Å². The Morgan fingerprint density at radius 1 is 1.42 bits per heavy atom. The number of methoxy groups -OCH3 is 1. The SMILES string of the molecule is COc1ncccc1C(=O)Nc1ccc(Br)c(I)c1. The normalized spacial score (nSPS) is 10.1. The predicted octanol–water partition coefficient (Wildman–Crippen LogP) is 3.71. The molecule has 98 valence electrons. The molecule has 19 heavy (non-hydrogen) atoms. The molecule has 0 atom stereocenters. The second kappa shape index (κ2) is 6.33. The Hall–Kier alpha value is -1.15. The summed E-state index contributed by atoms with van der Waals surface area (Å²) in [6.45, 7) is 0. The van der Waals surface area contributed by atoms with Crippen LogP contribution in [0, 0.1) is 3.57 Å². The van der Waals surface area contributed by atoms with Crippen molar-refractivity contribution in [3.8, 4) is 5.88 Å². The molecule has 1 N–H and O–H groups in total. The number of nitrogens with one attached hydrogen (secondary N) is 1. The maximum atomic E-state index is 12.1. The summed E-state index contributed by atoms with van der Waals surface area (Å²) in [5.41, 5.74) is 1.13. The molecule has 4 nitrogen and oxygen atoms in total. The summed E-state index contributed by atoms with van der Waals surface area (Å²) >= 11 is 5.60. The van der Waals surface area contributed by atoms with Gasteiger partial charge >= 0.3 is 0 Å². The van der Waals surface area contributed by atoms with E-state index >= 15 is 0 Å². The van der Waals surface area contributed by atoms with E-state index in [1.54, 1.807) is 18.3 Å². The van der Waals surface area contributed by atoms with Crippen LogP contribution in [-0.2, 0) is 0 Å². The van der Waals surface area contributed by atoms with Crippen molar-refractivity contribution in [1.82, 2.24) is 4.98 Å². The van der Waals surface area contributed by atoms with E-state index in [1.807, 2.05) is 18.2 Å². The van der Waals surface area contributed by atoms with Crippen molar-refractivity contribution < 1.29 is 9.53 Å². The summed E-state index contributed by atoms with van der Waals surface area (Å²) in [5, 5.41) is 2.82. The number of halogens is 2. The minimum atomic E-state index is -0.247. The fraction of sp³-hybridized carbons (Fsp3) is 0.0769. The molecule has 0 aliphatic carbocycles. The first-order valence-electron chi connectivity index (χ1n) is 5.37. The lowest BCUT2D eigenvalue weighted by Crippen LogP contribution is -2.13. The van der Waals surface area contributed by atoms with Crippen LogP contribution < -0.4 is 10.1 Å². The number of aromatic nitrogens is 1. The van der Waals surface area contributed by atoms with Gasteiger partial charge < -0.3 is 10.1 Å². The molecule has 0 aliphatic heterocycles. The van der Waals surface area contributed by atoms with Gasteiger partial charge in [-0.05, 0) is 68.9 Å². The zero-order chi connectivity index (χ0) is 13.8. The molecule has 0 unspecified atom stereocenters. The molecular weight excluding hydrogens is 423 g/mol. The average molecular weight is 433 g/mol. The Kier molecular flexibility index (Phi) is 4.76. The van der Waals surface area contributed by atoms with E-state index in [4.69, 9.17) is 4.74 Å². The van der Waals surface area contributed by atoms with E-state index in [0.717, 1.165) is 13.7 Å². The van der Waals surface area contributed by atoms with E-state index in [-0.39, 0.29) is 5.91 Å². The van der Waals surface area contributed by atoms with Crippen molar-refractivity contribution in [3.05, 3.63) is 50.1 Å². The summed E-state index contributed by atoms with van der Waals surface area (Å²) in [6, 6.07) is 8.96. The van der Waals surface area contributed by atoms with Crippen LogP contribution in [0.15, 0.2) is 41.0 Å². The number of rotatable bonds is 3. The average Bonchev–Trinajstić information content (AvgIpc) is 2.43. The van der Waals surface area contributed by atoms with E-state index in [2.05, 4.69) is 48.8 Å². The van der Waals surface area contributed by atoms with Gasteiger partial charge in [0.05, 0.1) is 7.11 Å². The summed E-state index contributed by atoms with van der Waals surface area (Å²) in [5.74, 6) is 0.0647. The van der Waals surface area contributed by atoms with Gasteiger partial charge in [0.25, 0.3) is 5.91 Å². The van der Waals surface area contributed by atoms with Crippen LogP contribution in [-0.4, -0.2) is 18.0 Å². The first kappa shape index (κ1) is 14.3. The summed E-state index contributed by atoms with van der Waals surface area (Å²) in [4.78, 5) is 16.1. The Morgan fingerprint density at radius 3 is 2.89 bits per heavy atom. The van der Waals surface area contributed by atoms with Crippen molar-refractivity contribution in [2.75, 3.05) is 12.4 Å². The monoisotopic (exact) mass is 432 g/mol. The number of carbonyl (C=O) groups is 1. The number of amides is 1. The number of nitrogens with zero attached hydrogens (tertiary/aromatic N) is 1. The molecule has 1 amide bonds. The van der Waals surface area contributed by atoms with Crippen molar-refractivity contribution in [2.45, 2.75) is 0 Å². The number of ether oxygens (including phenoxy) is 1. The van der Waals surface area contributed by atoms with E-state index in [9.17, 15) is 4.79 Å². The first-order valence-corrected chi connectivity index (χ1v) is 7.24. The number of carbonyl (C=O) groups excluding carboxylic acids is 1. The molecule has 6 heteroatoms. The lowest BCUT2D eigenvalue weighted by Gasteiger charge is -2.08. The van der Waals surface area contributed by atoms with Crippen LogP contribution in [0.2, 0.25) is 0 Å². The molecule has 1 heterocycles. The van der Waals surface area contributed by atoms with Gasteiger partial charge in [-0.15, -0.1) is 0 Å². The van der Waals surface area contributed by atoms with E-state index in [0.29, 0.717) is 11.4 Å². The predicted molar refractivity (Wildman–Crippen MR) is 85.6 cm³/mol. The molecule has 2 aromatic rings. The second-order valence-electron chi connectivity index (χ2n) is 3.64. The lowest BCUT2D eigenvalue weighted by molar-refractivity contribution is 0.102. The molecule has 0 radical (unpaired) electrons. The number of hydrogen-bond acceptors (Lipinski definition) is 3. The Morgan fingerprint density at radius 2 is 2.21 bits per heavy atom. The molecule has 1 aromatic carbocycles. The van der Waals surface area contributed by atoms with E-state index in [1.165, 1.54) is 7.11 Å². The van der Waals surface area contributed by atoms with Gasteiger partial charge in [-0.2, -0.15) is 0 Å². The van der Waals surface area contributed by atoms with Crippen molar-refractivity contribution in [3.63, 3.8) is 0 Å². The zero-order valence-corrected chi connectivity index (χ0v) is 13.7. The van der Waals surface area contributed by atoms with Crippen molar-refractivity contribution >= 4 is 50.1 Å². The summed E-state index contributed by atoms with van der Waals surface area (Å²) < 4.78 is 7.08. The molecule has 0 fully saturated rings. The van der Waals surface area contributed by atoms with E-state index < -0.39 is 0 Å². The smallest absolute Gasteiger partial charge is 0.261 e. The molecular formula is C13H10BrIN2O2. The summed E-state index contributed by atoms with van der Waals surface area (Å²) in [7, 11) is 1.49. The molecule has 0 aliphatic rings. The third kappa shape index (κ3) is 3.44. The molecule has 0 saturated carbocycles. The molecule has 2 rings (SSSR count). The Balaban J connectivity index is 2.23. The van der Waals surface area contributed by atoms with Crippen LogP contribution in [0.25, 0.3) is 0 Å². The van der Waals surface area contributed by atoms with Crippen molar-refractivity contribution in [2.24, 2.45) is 0 Å². The lowest BCUT2D eigenvalue weighted by atomic mass is 10.2. The Bertz CT molecular complexity index is 619. The standard InChI is InChI=1S/C13H10BrIN2O2/c1-19-13-9(3-2-6-16-13)12(18)17-8-4-5-10(14)11(15)7-8/h2-7H,1H3,(H,17,18). The highest BCUT2D eigenvalue weighted by Gasteiger charge is 2.13. The molecule has 0 spiro atoms. The number of anilines is 1. The Labute approximate surface area is 132 Å². The third-order valence-electron chi connectivity index (χ3n) is 2.39. The van der Waals surface area contributed by atoms with Gasteiger partial charge in [-0.25, -0.2) is 4.98 Å². The highest BCUT2D eigenvalue weighted by atomic mass is 127. The van der Waals surface area contributed by atoms with Gasteiger partial charge in [0, 0.05) is 19.9 Å². The molecule has 0 bridgehead atoms. The van der Waals surface area contributed by atoms with Crippen LogP contribution in [0.4, 0.5) is 5.69 Å². The highest BCUT2D eigenvalue weighted by Crippen LogP contribution is 2.23. The fourth-order valence-corrected chi connectivity index (χ4v) is 2.26. The number of hydrogen-bond donors (Lipinski definition) is 1. The molecule has 0 saturated heterocycles. The van der Waals surface area contributed by atoms with Gasteiger partial charge in [0.1, 0.15) is 5.56 Å². The largest absolute Gasteiger partial charge is 0.480 e. The fourth-order valence-electron chi connectivity index (χ4n) is 1.50. The van der Waals surface area contributed by atoms with Gasteiger partial charge in [0.15, 0.2) is 0 Å². The quantitative estimate of drug-likeness (QED) is 0.752. The maximum absolute atomic E-state index is 12.1. The van der Waals surface area contributed by atoms with Crippen LogP contribution >= 0.6 is 38.5 Å². The molecule has 1 aromatic heterocycles. The highest BCUT2D eigenvalue weighted by molar-refractivity contribution is 14.1. The minimum absolute atomic E-state index is 0.247. The minimum Gasteiger partial charge on any atom is -0.480 e. The van der Waals surface area contributed by atoms with Gasteiger partial charge in [-0.1, -0.05) is 0 Å².